The Hall–Kier alpha value is -1.34. The highest BCUT2D eigenvalue weighted by molar-refractivity contribution is 5.72. The van der Waals surface area contributed by atoms with Crippen LogP contribution in [0.5, 0.6) is 0 Å². The fourth-order valence-corrected chi connectivity index (χ4v) is 4.06. The van der Waals surface area contributed by atoms with Crippen LogP contribution in [0.2, 0.25) is 0 Å². The minimum atomic E-state index is -0.147. The zero-order chi connectivity index (χ0) is 11.4. The van der Waals surface area contributed by atoms with Crippen molar-refractivity contribution in [3.63, 3.8) is 0 Å². The Morgan fingerprint density at radius 1 is 1.06 bits per heavy atom. The van der Waals surface area contributed by atoms with Crippen LogP contribution >= 0.6 is 0 Å². The smallest absolute Gasteiger partial charge is 0.0617 e. The molecule has 0 amide bonds. The van der Waals surface area contributed by atoms with Gasteiger partial charge in [-0.1, -0.05) is 48.6 Å². The zero-order valence-corrected chi connectivity index (χ0v) is 9.66. The third-order valence-corrected chi connectivity index (χ3v) is 4.70. The van der Waals surface area contributed by atoms with Crippen LogP contribution in [0.15, 0.2) is 48.6 Å². The first-order chi connectivity index (χ1) is 8.34. The van der Waals surface area contributed by atoms with Crippen molar-refractivity contribution in [2.24, 2.45) is 23.7 Å². The summed E-state index contributed by atoms with van der Waals surface area (Å²) in [6, 6.07) is 10.5. The van der Waals surface area contributed by atoms with Gasteiger partial charge in [0.05, 0.1) is 6.10 Å². The maximum Gasteiger partial charge on any atom is 0.0617 e. The molecular weight excluding hydrogens is 208 g/mol. The quantitative estimate of drug-likeness (QED) is 0.727. The van der Waals surface area contributed by atoms with Crippen molar-refractivity contribution in [3.8, 4) is 0 Å². The Labute approximate surface area is 101 Å². The van der Waals surface area contributed by atoms with Crippen LogP contribution in [0.3, 0.4) is 0 Å². The van der Waals surface area contributed by atoms with Gasteiger partial charge in [0.1, 0.15) is 0 Å². The van der Waals surface area contributed by atoms with E-state index in [0.717, 1.165) is 6.42 Å². The maximum atomic E-state index is 10.3. The standard InChI is InChI=1S/C16H16O/c17-14-9-12-7-6-11-8-13(16(14)15(11)12)10-4-2-1-3-5-10/h1-8,11-12,14-17H,9H2/t11-,12+,14-,15+,16+/m1/s1. The Balaban J connectivity index is 1.80. The number of aliphatic hydroxyl groups is 1. The lowest BCUT2D eigenvalue weighted by atomic mass is 9.86. The molecule has 5 atom stereocenters. The molecule has 1 aromatic rings. The number of allylic oxidation sites excluding steroid dienone is 3. The summed E-state index contributed by atoms with van der Waals surface area (Å²) < 4.78 is 0. The van der Waals surface area contributed by atoms with Gasteiger partial charge in [-0.05, 0) is 35.3 Å². The molecule has 17 heavy (non-hydrogen) atoms. The van der Waals surface area contributed by atoms with Crippen LogP contribution in [0.25, 0.3) is 5.57 Å². The summed E-state index contributed by atoms with van der Waals surface area (Å²) in [5.74, 6) is 2.18. The van der Waals surface area contributed by atoms with E-state index in [2.05, 4.69) is 42.5 Å². The monoisotopic (exact) mass is 224 g/mol. The van der Waals surface area contributed by atoms with Crippen molar-refractivity contribution < 1.29 is 5.11 Å². The van der Waals surface area contributed by atoms with E-state index in [1.54, 1.807) is 0 Å². The SMILES string of the molecule is O[C@@H]1C[C@@H]2C=C[C@@H]3C=C(c4ccccc4)[C@@H]1[C@@H]32. The summed E-state index contributed by atoms with van der Waals surface area (Å²) >= 11 is 0. The highest BCUT2D eigenvalue weighted by Crippen LogP contribution is 2.57. The van der Waals surface area contributed by atoms with E-state index < -0.39 is 0 Å². The van der Waals surface area contributed by atoms with Crippen LogP contribution in [0.4, 0.5) is 0 Å². The van der Waals surface area contributed by atoms with Crippen molar-refractivity contribution in [3.05, 3.63) is 54.1 Å². The number of aliphatic hydroxyl groups excluding tert-OH is 1. The Bertz CT molecular complexity index is 500. The minimum absolute atomic E-state index is 0.147. The molecule has 1 N–H and O–H groups in total. The van der Waals surface area contributed by atoms with Gasteiger partial charge in [-0.25, -0.2) is 0 Å². The van der Waals surface area contributed by atoms with E-state index in [-0.39, 0.29) is 6.10 Å². The molecule has 4 rings (SSSR count). The zero-order valence-electron chi connectivity index (χ0n) is 9.66. The van der Waals surface area contributed by atoms with E-state index in [4.69, 9.17) is 0 Å². The summed E-state index contributed by atoms with van der Waals surface area (Å²) in [4.78, 5) is 0. The van der Waals surface area contributed by atoms with Gasteiger partial charge in [0.15, 0.2) is 0 Å². The predicted octanol–water partition coefficient (Wildman–Crippen LogP) is 2.88. The van der Waals surface area contributed by atoms with Crippen molar-refractivity contribution in [1.29, 1.82) is 0 Å². The molecule has 0 radical (unpaired) electrons. The minimum Gasteiger partial charge on any atom is -0.392 e. The van der Waals surface area contributed by atoms with Gasteiger partial charge in [0, 0.05) is 5.92 Å². The lowest BCUT2D eigenvalue weighted by Crippen LogP contribution is -2.18. The highest BCUT2D eigenvalue weighted by Gasteiger charge is 2.51. The van der Waals surface area contributed by atoms with E-state index in [9.17, 15) is 5.11 Å². The fraction of sp³-hybridized carbons (Fsp3) is 0.375. The van der Waals surface area contributed by atoms with Crippen molar-refractivity contribution in [1.82, 2.24) is 0 Å². The second-order valence-corrected chi connectivity index (χ2v) is 5.52. The van der Waals surface area contributed by atoms with Crippen LogP contribution in [0, 0.1) is 23.7 Å². The molecule has 1 nitrogen and oxygen atoms in total. The van der Waals surface area contributed by atoms with E-state index in [1.165, 1.54) is 11.1 Å². The summed E-state index contributed by atoms with van der Waals surface area (Å²) in [5.41, 5.74) is 2.67. The lowest BCUT2D eigenvalue weighted by molar-refractivity contribution is 0.146. The third kappa shape index (κ3) is 1.23. The van der Waals surface area contributed by atoms with E-state index in [0.29, 0.717) is 23.7 Å². The molecule has 0 heterocycles. The lowest BCUT2D eigenvalue weighted by Gasteiger charge is -2.19. The Kier molecular flexibility index (Phi) is 1.89. The van der Waals surface area contributed by atoms with Gasteiger partial charge >= 0.3 is 0 Å². The van der Waals surface area contributed by atoms with Gasteiger partial charge < -0.3 is 5.11 Å². The second-order valence-electron chi connectivity index (χ2n) is 5.52. The first-order valence-corrected chi connectivity index (χ1v) is 6.48. The molecule has 1 fully saturated rings. The van der Waals surface area contributed by atoms with Crippen LogP contribution in [-0.4, -0.2) is 11.2 Å². The van der Waals surface area contributed by atoms with Crippen molar-refractivity contribution in [2.75, 3.05) is 0 Å². The summed E-state index contributed by atoms with van der Waals surface area (Å²) in [6.07, 6.45) is 7.84. The first-order valence-electron chi connectivity index (χ1n) is 6.48. The summed E-state index contributed by atoms with van der Waals surface area (Å²) in [7, 11) is 0. The van der Waals surface area contributed by atoms with Crippen molar-refractivity contribution >= 4 is 5.57 Å². The number of hydrogen-bond donors (Lipinski definition) is 1. The molecule has 1 saturated carbocycles. The number of benzene rings is 1. The number of hydrogen-bond acceptors (Lipinski definition) is 1. The topological polar surface area (TPSA) is 20.2 Å². The largest absolute Gasteiger partial charge is 0.392 e. The van der Waals surface area contributed by atoms with Crippen molar-refractivity contribution in [2.45, 2.75) is 12.5 Å². The molecule has 0 spiro atoms. The van der Waals surface area contributed by atoms with Gasteiger partial charge in [-0.2, -0.15) is 0 Å². The Morgan fingerprint density at radius 3 is 2.71 bits per heavy atom. The maximum absolute atomic E-state index is 10.3. The van der Waals surface area contributed by atoms with E-state index in [1.807, 2.05) is 6.07 Å². The van der Waals surface area contributed by atoms with Gasteiger partial charge in [0.2, 0.25) is 0 Å². The molecule has 3 aliphatic rings. The molecular formula is C16H16O. The van der Waals surface area contributed by atoms with Crippen LogP contribution in [-0.2, 0) is 0 Å². The summed E-state index contributed by atoms with van der Waals surface area (Å²) in [6.45, 7) is 0. The normalized spacial score (nSPS) is 41.7. The molecule has 1 aromatic carbocycles. The first kappa shape index (κ1) is 9.67. The molecule has 3 aliphatic carbocycles. The fourth-order valence-electron chi connectivity index (χ4n) is 4.06. The summed E-state index contributed by atoms with van der Waals surface area (Å²) in [5, 5.41) is 10.3. The molecule has 1 heteroatoms. The highest BCUT2D eigenvalue weighted by atomic mass is 16.3. The van der Waals surface area contributed by atoms with Gasteiger partial charge in [-0.15, -0.1) is 0 Å². The molecule has 0 unspecified atom stereocenters. The average molecular weight is 224 g/mol. The number of rotatable bonds is 1. The molecule has 0 bridgehead atoms. The average Bonchev–Trinajstić information content (AvgIpc) is 2.98. The molecule has 0 saturated heterocycles. The van der Waals surface area contributed by atoms with Crippen LogP contribution < -0.4 is 0 Å². The molecule has 0 aromatic heterocycles. The second kappa shape index (κ2) is 3.33. The van der Waals surface area contributed by atoms with Gasteiger partial charge in [-0.3, -0.25) is 0 Å². The van der Waals surface area contributed by atoms with Gasteiger partial charge in [0.25, 0.3) is 0 Å². The van der Waals surface area contributed by atoms with E-state index >= 15 is 0 Å². The Morgan fingerprint density at radius 2 is 1.88 bits per heavy atom. The van der Waals surface area contributed by atoms with Crippen LogP contribution in [0.1, 0.15) is 12.0 Å². The molecule has 0 aliphatic heterocycles. The molecule has 86 valence electrons. The third-order valence-electron chi connectivity index (χ3n) is 4.70. The predicted molar refractivity (Wildman–Crippen MR) is 68.1 cm³/mol.